The molecule has 3 aromatic rings. The number of nitrogens with zero attached hydrogens (tertiary/aromatic N) is 4. The highest BCUT2D eigenvalue weighted by Gasteiger charge is 2.30. The Morgan fingerprint density at radius 2 is 1.70 bits per heavy atom. The topological polar surface area (TPSA) is 79.5 Å². The van der Waals surface area contributed by atoms with Gasteiger partial charge in [-0.3, -0.25) is 0 Å². The van der Waals surface area contributed by atoms with Crippen LogP contribution in [-0.4, -0.2) is 49.0 Å². The number of anilines is 1. The smallest absolute Gasteiger partial charge is 0.266 e. The number of hydrogen-bond acceptors (Lipinski definition) is 6. The Morgan fingerprint density at radius 1 is 0.963 bits per heavy atom. The third kappa shape index (κ3) is 3.76. The van der Waals surface area contributed by atoms with Gasteiger partial charge in [0.05, 0.1) is 4.90 Å². The molecular weight excluding hydrogens is 432 g/mol. The fraction of sp³-hybridized carbons (Fsp3) is 0.222. The molecule has 1 aliphatic heterocycles. The summed E-state index contributed by atoms with van der Waals surface area (Å²) in [6, 6.07) is 16.3. The summed E-state index contributed by atoms with van der Waals surface area (Å²) < 4.78 is 33.2. The summed E-state index contributed by atoms with van der Waals surface area (Å²) in [5.74, 6) is 0.933. The number of rotatable bonds is 4. The second-order valence-corrected chi connectivity index (χ2v) is 8.97. The molecule has 1 aliphatic rings. The molecule has 1 aromatic heterocycles. The van der Waals surface area contributed by atoms with Crippen molar-refractivity contribution in [3.63, 3.8) is 0 Å². The Balaban J connectivity index is 1.46. The number of aromatic nitrogens is 2. The average Bonchev–Trinajstić information content (AvgIpc) is 3.19. The van der Waals surface area contributed by atoms with Crippen molar-refractivity contribution >= 4 is 31.9 Å². The molecule has 140 valence electrons. The van der Waals surface area contributed by atoms with Crippen molar-refractivity contribution in [2.45, 2.75) is 4.90 Å². The first-order chi connectivity index (χ1) is 13.0. The molecule has 0 saturated carbocycles. The minimum absolute atomic E-state index is 0.288. The summed E-state index contributed by atoms with van der Waals surface area (Å²) >= 11 is 3.32. The molecule has 27 heavy (non-hydrogen) atoms. The van der Waals surface area contributed by atoms with Crippen molar-refractivity contribution in [2.75, 3.05) is 31.1 Å². The van der Waals surface area contributed by atoms with Gasteiger partial charge in [0.1, 0.15) is 0 Å². The zero-order valence-corrected chi connectivity index (χ0v) is 16.7. The van der Waals surface area contributed by atoms with E-state index >= 15 is 0 Å². The van der Waals surface area contributed by atoms with Crippen LogP contribution in [0.15, 0.2) is 68.5 Å². The van der Waals surface area contributed by atoms with E-state index in [4.69, 9.17) is 4.52 Å². The highest BCUT2D eigenvalue weighted by atomic mass is 79.9. The van der Waals surface area contributed by atoms with E-state index in [1.165, 1.54) is 4.31 Å². The van der Waals surface area contributed by atoms with E-state index < -0.39 is 10.0 Å². The van der Waals surface area contributed by atoms with Crippen LogP contribution in [-0.2, 0) is 10.0 Å². The molecule has 1 fully saturated rings. The SMILES string of the molecule is O=S(=O)(c1cccc(Br)c1)N1CCN(c2noc(-c3ccccc3)n2)CC1. The van der Waals surface area contributed by atoms with Crippen LogP contribution >= 0.6 is 15.9 Å². The van der Waals surface area contributed by atoms with Gasteiger partial charge >= 0.3 is 0 Å². The van der Waals surface area contributed by atoms with Gasteiger partial charge in [-0.15, -0.1) is 0 Å². The van der Waals surface area contributed by atoms with Crippen molar-refractivity contribution in [2.24, 2.45) is 0 Å². The molecular formula is C18H17BrN4O3S. The second kappa shape index (κ2) is 7.41. The van der Waals surface area contributed by atoms with Crippen molar-refractivity contribution < 1.29 is 12.9 Å². The lowest BCUT2D eigenvalue weighted by Crippen LogP contribution is -2.49. The predicted molar refractivity (Wildman–Crippen MR) is 105 cm³/mol. The minimum atomic E-state index is -3.52. The van der Waals surface area contributed by atoms with Crippen molar-refractivity contribution in [3.8, 4) is 11.5 Å². The Labute approximate surface area is 165 Å². The van der Waals surface area contributed by atoms with E-state index in [1.54, 1.807) is 24.3 Å². The molecule has 9 heteroatoms. The van der Waals surface area contributed by atoms with Crippen LogP contribution in [0.4, 0.5) is 5.95 Å². The first-order valence-electron chi connectivity index (χ1n) is 8.44. The predicted octanol–water partition coefficient (Wildman–Crippen LogP) is 3.01. The lowest BCUT2D eigenvalue weighted by molar-refractivity contribution is 0.377. The average molecular weight is 449 g/mol. The molecule has 0 atom stereocenters. The molecule has 7 nitrogen and oxygen atoms in total. The third-order valence-corrected chi connectivity index (χ3v) is 6.78. The number of halogens is 1. The molecule has 0 amide bonds. The molecule has 2 heterocycles. The minimum Gasteiger partial charge on any atom is -0.336 e. The molecule has 0 unspecified atom stereocenters. The number of hydrogen-bond donors (Lipinski definition) is 0. The van der Waals surface area contributed by atoms with Gasteiger partial charge in [0, 0.05) is 36.2 Å². The van der Waals surface area contributed by atoms with Gasteiger partial charge in [0.25, 0.3) is 11.8 Å². The number of piperazine rings is 1. The summed E-state index contributed by atoms with van der Waals surface area (Å²) in [6.07, 6.45) is 0. The normalized spacial score (nSPS) is 15.8. The van der Waals surface area contributed by atoms with Crippen LogP contribution in [0.3, 0.4) is 0 Å². The number of benzene rings is 2. The second-order valence-electron chi connectivity index (χ2n) is 6.11. The number of sulfonamides is 1. The van der Waals surface area contributed by atoms with Gasteiger partial charge in [-0.25, -0.2) is 8.42 Å². The van der Waals surface area contributed by atoms with Gasteiger partial charge in [-0.05, 0) is 35.5 Å². The van der Waals surface area contributed by atoms with E-state index in [0.717, 1.165) is 10.0 Å². The first kappa shape index (κ1) is 18.1. The third-order valence-electron chi connectivity index (χ3n) is 4.39. The lowest BCUT2D eigenvalue weighted by Gasteiger charge is -2.33. The van der Waals surface area contributed by atoms with Gasteiger partial charge in [0.2, 0.25) is 10.0 Å². The fourth-order valence-corrected chi connectivity index (χ4v) is 4.97. The van der Waals surface area contributed by atoms with Crippen LogP contribution in [0, 0.1) is 0 Å². The van der Waals surface area contributed by atoms with Crippen molar-refractivity contribution in [3.05, 3.63) is 59.1 Å². The summed E-state index contributed by atoms with van der Waals surface area (Å²) in [4.78, 5) is 6.66. The van der Waals surface area contributed by atoms with E-state index in [-0.39, 0.29) is 4.90 Å². The van der Waals surface area contributed by atoms with Crippen LogP contribution in [0.25, 0.3) is 11.5 Å². The largest absolute Gasteiger partial charge is 0.336 e. The molecule has 0 spiro atoms. The Bertz CT molecular complexity index is 1030. The standard InChI is InChI=1S/C18H17BrN4O3S/c19-15-7-4-8-16(13-15)27(24,25)23-11-9-22(10-12-23)18-20-17(26-21-18)14-5-2-1-3-6-14/h1-8,13H,9-12H2. The zero-order chi connectivity index (χ0) is 18.9. The molecule has 4 rings (SSSR count). The van der Waals surface area contributed by atoms with Crippen molar-refractivity contribution in [1.82, 2.24) is 14.4 Å². The van der Waals surface area contributed by atoms with E-state index in [2.05, 4.69) is 26.1 Å². The zero-order valence-electron chi connectivity index (χ0n) is 14.3. The van der Waals surface area contributed by atoms with Crippen LogP contribution in [0.5, 0.6) is 0 Å². The maximum atomic E-state index is 12.8. The van der Waals surface area contributed by atoms with E-state index in [9.17, 15) is 8.42 Å². The first-order valence-corrected chi connectivity index (χ1v) is 10.7. The Morgan fingerprint density at radius 3 is 2.41 bits per heavy atom. The fourth-order valence-electron chi connectivity index (χ4n) is 2.95. The Hall–Kier alpha value is -2.23. The Kier molecular flexibility index (Phi) is 4.98. The maximum absolute atomic E-state index is 12.8. The van der Waals surface area contributed by atoms with E-state index in [1.807, 2.05) is 35.2 Å². The maximum Gasteiger partial charge on any atom is 0.266 e. The van der Waals surface area contributed by atoms with Gasteiger partial charge in [-0.2, -0.15) is 9.29 Å². The van der Waals surface area contributed by atoms with Crippen molar-refractivity contribution in [1.29, 1.82) is 0 Å². The highest BCUT2D eigenvalue weighted by molar-refractivity contribution is 9.10. The van der Waals surface area contributed by atoms with Gasteiger partial charge < -0.3 is 9.42 Å². The molecule has 1 saturated heterocycles. The lowest BCUT2D eigenvalue weighted by atomic mass is 10.2. The van der Waals surface area contributed by atoms with Gasteiger partial charge in [-0.1, -0.05) is 40.2 Å². The quantitative estimate of drug-likeness (QED) is 0.610. The van der Waals surface area contributed by atoms with Gasteiger partial charge in [0.15, 0.2) is 0 Å². The van der Waals surface area contributed by atoms with Crippen LogP contribution in [0.2, 0.25) is 0 Å². The monoisotopic (exact) mass is 448 g/mol. The highest BCUT2D eigenvalue weighted by Crippen LogP contribution is 2.24. The summed E-state index contributed by atoms with van der Waals surface area (Å²) in [5.41, 5.74) is 0.854. The summed E-state index contributed by atoms with van der Waals surface area (Å²) in [6.45, 7) is 1.73. The summed E-state index contributed by atoms with van der Waals surface area (Å²) in [7, 11) is -3.52. The van der Waals surface area contributed by atoms with Crippen LogP contribution in [0.1, 0.15) is 0 Å². The molecule has 2 aromatic carbocycles. The molecule has 0 bridgehead atoms. The molecule has 0 aliphatic carbocycles. The van der Waals surface area contributed by atoms with E-state index in [0.29, 0.717) is 38.0 Å². The molecule has 0 N–H and O–H groups in total. The molecule has 0 radical (unpaired) electrons. The van der Waals surface area contributed by atoms with Crippen LogP contribution < -0.4 is 4.90 Å². The summed E-state index contributed by atoms with van der Waals surface area (Å²) in [5, 5.41) is 4.04.